The Morgan fingerprint density at radius 1 is 1.30 bits per heavy atom. The molecule has 0 spiro atoms. The Hall–Kier alpha value is -1.94. The van der Waals surface area contributed by atoms with Crippen LogP contribution in [0.1, 0.15) is 23.7 Å². The molecule has 3 rings (SSSR count). The highest BCUT2D eigenvalue weighted by atomic mass is 35.5. The lowest BCUT2D eigenvalue weighted by atomic mass is 10.2. The summed E-state index contributed by atoms with van der Waals surface area (Å²) in [6.07, 6.45) is 1.69. The van der Waals surface area contributed by atoms with Crippen LogP contribution in [0.2, 0.25) is 0 Å². The van der Waals surface area contributed by atoms with Crippen molar-refractivity contribution in [3.05, 3.63) is 53.7 Å². The number of pyridine rings is 1. The summed E-state index contributed by atoms with van der Waals surface area (Å²) >= 11 is 6.20. The number of nitrogens with zero attached hydrogens (tertiary/aromatic N) is 3. The van der Waals surface area contributed by atoms with Crippen molar-refractivity contribution in [2.45, 2.75) is 19.2 Å². The van der Waals surface area contributed by atoms with Crippen LogP contribution in [0.15, 0.2) is 36.5 Å². The van der Waals surface area contributed by atoms with E-state index in [4.69, 9.17) is 11.6 Å². The summed E-state index contributed by atoms with van der Waals surface area (Å²) in [5.74, 6) is 0.372. The third-order valence-corrected chi connectivity index (χ3v) is 3.28. The average Bonchev–Trinajstić information content (AvgIpc) is 2.77. The zero-order valence-electron chi connectivity index (χ0n) is 11.1. The molecule has 0 fully saturated rings. The number of imidazole rings is 1. The molecule has 0 aliphatic rings. The third kappa shape index (κ3) is 2.16. The number of fused-ring (bicyclic) bond motifs is 1. The number of aromatic nitrogens is 3. The van der Waals surface area contributed by atoms with Gasteiger partial charge in [0.2, 0.25) is 0 Å². The minimum absolute atomic E-state index is 0.286. The van der Waals surface area contributed by atoms with Crippen LogP contribution in [0.4, 0.5) is 4.39 Å². The summed E-state index contributed by atoms with van der Waals surface area (Å²) in [6.45, 7) is 3.69. The largest absolute Gasteiger partial charge is 0.279 e. The van der Waals surface area contributed by atoms with Gasteiger partial charge >= 0.3 is 0 Å². The molecule has 3 nitrogen and oxygen atoms in total. The maximum Gasteiger partial charge on any atom is 0.164 e. The van der Waals surface area contributed by atoms with Crippen molar-refractivity contribution in [2.24, 2.45) is 0 Å². The van der Waals surface area contributed by atoms with E-state index < -0.39 is 0 Å². The van der Waals surface area contributed by atoms with Crippen LogP contribution in [-0.4, -0.2) is 14.5 Å². The summed E-state index contributed by atoms with van der Waals surface area (Å²) in [7, 11) is 0. The standard InChI is InChI=1S/C15H13ClFN3/c1-9-6-11(17)8-12(7-9)20-14(10(2)16)19-13-4-3-5-18-15(13)20/h3-8,10H,1-2H3. The lowest BCUT2D eigenvalue weighted by Crippen LogP contribution is -2.03. The fraction of sp³-hybridized carbons (Fsp3) is 0.200. The minimum atomic E-state index is -0.298. The van der Waals surface area contributed by atoms with E-state index in [9.17, 15) is 4.39 Å². The molecule has 0 saturated heterocycles. The zero-order valence-corrected chi connectivity index (χ0v) is 11.9. The lowest BCUT2D eigenvalue weighted by molar-refractivity contribution is 0.625. The Morgan fingerprint density at radius 2 is 2.10 bits per heavy atom. The number of hydrogen-bond acceptors (Lipinski definition) is 2. The van der Waals surface area contributed by atoms with Gasteiger partial charge in [0.15, 0.2) is 5.65 Å². The topological polar surface area (TPSA) is 30.7 Å². The van der Waals surface area contributed by atoms with Crippen LogP contribution >= 0.6 is 11.6 Å². The van der Waals surface area contributed by atoms with Gasteiger partial charge in [-0.25, -0.2) is 14.4 Å². The zero-order chi connectivity index (χ0) is 14.3. The van der Waals surface area contributed by atoms with Crippen LogP contribution < -0.4 is 0 Å². The van der Waals surface area contributed by atoms with Crippen molar-refractivity contribution in [3.63, 3.8) is 0 Å². The molecule has 0 radical (unpaired) electrons. The number of aryl methyl sites for hydroxylation is 1. The Morgan fingerprint density at radius 3 is 2.80 bits per heavy atom. The first kappa shape index (κ1) is 13.1. The fourth-order valence-electron chi connectivity index (χ4n) is 2.30. The molecule has 5 heteroatoms. The van der Waals surface area contributed by atoms with E-state index >= 15 is 0 Å². The highest BCUT2D eigenvalue weighted by molar-refractivity contribution is 6.20. The minimum Gasteiger partial charge on any atom is -0.279 e. The van der Waals surface area contributed by atoms with Gasteiger partial charge in [-0.05, 0) is 49.7 Å². The number of halogens is 2. The summed E-state index contributed by atoms with van der Waals surface area (Å²) in [5, 5.41) is -0.298. The molecule has 0 bridgehead atoms. The Balaban J connectivity index is 2.36. The van der Waals surface area contributed by atoms with Gasteiger partial charge in [0.25, 0.3) is 0 Å². The van der Waals surface area contributed by atoms with Crippen molar-refractivity contribution < 1.29 is 4.39 Å². The van der Waals surface area contributed by atoms with Gasteiger partial charge in [-0.2, -0.15) is 0 Å². The molecule has 0 aliphatic heterocycles. The maximum absolute atomic E-state index is 13.7. The van der Waals surface area contributed by atoms with E-state index in [-0.39, 0.29) is 11.2 Å². The number of rotatable bonds is 2. The fourth-order valence-corrected chi connectivity index (χ4v) is 2.44. The Kier molecular flexibility index (Phi) is 3.18. The second-order valence-corrected chi connectivity index (χ2v) is 5.41. The quantitative estimate of drug-likeness (QED) is 0.663. The molecule has 20 heavy (non-hydrogen) atoms. The molecular weight excluding hydrogens is 277 g/mol. The molecule has 0 saturated carbocycles. The van der Waals surface area contributed by atoms with Crippen molar-refractivity contribution in [2.75, 3.05) is 0 Å². The van der Waals surface area contributed by atoms with Crippen molar-refractivity contribution in [1.82, 2.24) is 14.5 Å². The molecule has 0 N–H and O–H groups in total. The lowest BCUT2D eigenvalue weighted by Gasteiger charge is -2.11. The predicted octanol–water partition coefficient (Wildman–Crippen LogP) is 4.17. The van der Waals surface area contributed by atoms with Gasteiger partial charge in [0, 0.05) is 6.20 Å². The predicted molar refractivity (Wildman–Crippen MR) is 77.8 cm³/mol. The molecule has 1 aromatic carbocycles. The van der Waals surface area contributed by atoms with Crippen LogP contribution in [0, 0.1) is 12.7 Å². The van der Waals surface area contributed by atoms with Crippen molar-refractivity contribution in [3.8, 4) is 5.69 Å². The first-order valence-electron chi connectivity index (χ1n) is 6.31. The smallest absolute Gasteiger partial charge is 0.164 e. The molecule has 1 unspecified atom stereocenters. The summed E-state index contributed by atoms with van der Waals surface area (Å²) in [4.78, 5) is 8.83. The monoisotopic (exact) mass is 289 g/mol. The van der Waals surface area contributed by atoms with Crippen LogP contribution in [0.3, 0.4) is 0 Å². The van der Waals surface area contributed by atoms with E-state index in [0.717, 1.165) is 11.1 Å². The normalized spacial score (nSPS) is 12.8. The third-order valence-electron chi connectivity index (χ3n) is 3.08. The number of alkyl halides is 1. The summed E-state index contributed by atoms with van der Waals surface area (Å²) < 4.78 is 15.5. The van der Waals surface area contributed by atoms with Crippen LogP contribution in [-0.2, 0) is 0 Å². The molecule has 2 aromatic heterocycles. The molecule has 102 valence electrons. The van der Waals surface area contributed by atoms with Gasteiger partial charge in [-0.15, -0.1) is 11.6 Å². The number of hydrogen-bond donors (Lipinski definition) is 0. The van der Waals surface area contributed by atoms with Gasteiger partial charge in [0.05, 0.1) is 11.1 Å². The SMILES string of the molecule is Cc1cc(F)cc(-n2c(C(C)Cl)nc3cccnc32)c1. The maximum atomic E-state index is 13.7. The van der Waals surface area contributed by atoms with Gasteiger partial charge in [-0.1, -0.05) is 0 Å². The molecule has 0 aliphatic carbocycles. The van der Waals surface area contributed by atoms with E-state index in [0.29, 0.717) is 17.2 Å². The summed E-state index contributed by atoms with van der Waals surface area (Å²) in [5.41, 5.74) is 2.95. The first-order chi connectivity index (χ1) is 9.56. The van der Waals surface area contributed by atoms with Gasteiger partial charge < -0.3 is 0 Å². The highest BCUT2D eigenvalue weighted by Gasteiger charge is 2.17. The first-order valence-corrected chi connectivity index (χ1v) is 6.75. The summed E-state index contributed by atoms with van der Waals surface area (Å²) in [6, 6.07) is 8.53. The number of benzene rings is 1. The Labute approximate surface area is 121 Å². The van der Waals surface area contributed by atoms with E-state index in [2.05, 4.69) is 9.97 Å². The van der Waals surface area contributed by atoms with Crippen molar-refractivity contribution in [1.29, 1.82) is 0 Å². The van der Waals surface area contributed by atoms with Gasteiger partial charge in [-0.3, -0.25) is 4.57 Å². The molecule has 2 heterocycles. The molecular formula is C15H13ClFN3. The average molecular weight is 290 g/mol. The van der Waals surface area contributed by atoms with E-state index in [1.54, 1.807) is 6.20 Å². The van der Waals surface area contributed by atoms with Gasteiger partial charge in [0.1, 0.15) is 17.2 Å². The van der Waals surface area contributed by atoms with Crippen molar-refractivity contribution >= 4 is 22.8 Å². The van der Waals surface area contributed by atoms with E-state index in [1.165, 1.54) is 12.1 Å². The molecule has 1 atom stereocenters. The molecule has 0 amide bonds. The van der Waals surface area contributed by atoms with E-state index in [1.807, 2.05) is 36.6 Å². The second kappa shape index (κ2) is 4.87. The second-order valence-electron chi connectivity index (χ2n) is 4.75. The van der Waals surface area contributed by atoms with Crippen LogP contribution in [0.5, 0.6) is 0 Å². The molecule has 3 aromatic rings. The highest BCUT2D eigenvalue weighted by Crippen LogP contribution is 2.27. The Bertz CT molecular complexity index is 760. The van der Waals surface area contributed by atoms with Crippen LogP contribution in [0.25, 0.3) is 16.9 Å².